The maximum atomic E-state index is 5.66. The van der Waals surface area contributed by atoms with Gasteiger partial charge in [-0.1, -0.05) is 35.0 Å². The van der Waals surface area contributed by atoms with Gasteiger partial charge in [0.15, 0.2) is 0 Å². The zero-order valence-electron chi connectivity index (χ0n) is 11.9. The Morgan fingerprint density at radius 2 is 1.80 bits per heavy atom. The van der Waals surface area contributed by atoms with Crippen molar-refractivity contribution in [1.82, 2.24) is 0 Å². The van der Waals surface area contributed by atoms with Gasteiger partial charge in [0.2, 0.25) is 0 Å². The molecular formula is C17H20BrNO. The Morgan fingerprint density at radius 1 is 1.05 bits per heavy atom. The van der Waals surface area contributed by atoms with Crippen molar-refractivity contribution in [2.24, 2.45) is 0 Å². The molecule has 20 heavy (non-hydrogen) atoms. The number of benzene rings is 2. The molecule has 0 radical (unpaired) electrons. The van der Waals surface area contributed by atoms with Gasteiger partial charge in [0.05, 0.1) is 6.61 Å². The molecule has 2 aromatic carbocycles. The molecule has 2 rings (SSSR count). The fourth-order valence-corrected chi connectivity index (χ4v) is 2.45. The van der Waals surface area contributed by atoms with Gasteiger partial charge in [0.1, 0.15) is 5.75 Å². The molecule has 0 saturated carbocycles. The zero-order valence-corrected chi connectivity index (χ0v) is 13.5. The first-order valence-electron chi connectivity index (χ1n) is 6.97. The predicted molar refractivity (Wildman–Crippen MR) is 88.5 cm³/mol. The van der Waals surface area contributed by atoms with Crippen LogP contribution in [0.25, 0.3) is 0 Å². The summed E-state index contributed by atoms with van der Waals surface area (Å²) < 4.78 is 6.72. The van der Waals surface area contributed by atoms with Crippen molar-refractivity contribution in [1.29, 1.82) is 0 Å². The lowest BCUT2D eigenvalue weighted by atomic mass is 10.1. The van der Waals surface area contributed by atoms with Gasteiger partial charge in [0.25, 0.3) is 0 Å². The van der Waals surface area contributed by atoms with Gasteiger partial charge in [-0.15, -0.1) is 0 Å². The third-order valence-corrected chi connectivity index (χ3v) is 3.66. The van der Waals surface area contributed by atoms with Crippen molar-refractivity contribution in [2.75, 3.05) is 11.9 Å². The lowest BCUT2D eigenvalue weighted by Gasteiger charge is -2.12. The van der Waals surface area contributed by atoms with Crippen molar-refractivity contribution in [3.05, 3.63) is 58.1 Å². The van der Waals surface area contributed by atoms with Crippen molar-refractivity contribution in [3.8, 4) is 5.75 Å². The molecule has 2 aromatic rings. The summed E-state index contributed by atoms with van der Waals surface area (Å²) in [6.45, 7) is 5.60. The third-order valence-electron chi connectivity index (χ3n) is 3.17. The minimum absolute atomic E-state index is 0.680. The lowest BCUT2D eigenvalue weighted by Crippen LogP contribution is -2.03. The number of nitrogens with one attached hydrogen (secondary N) is 1. The molecule has 0 heterocycles. The van der Waals surface area contributed by atoms with E-state index >= 15 is 0 Å². The maximum Gasteiger partial charge on any atom is 0.124 e. The van der Waals surface area contributed by atoms with Crippen molar-refractivity contribution in [2.45, 2.75) is 26.8 Å². The van der Waals surface area contributed by atoms with Gasteiger partial charge < -0.3 is 10.1 Å². The number of rotatable bonds is 6. The highest BCUT2D eigenvalue weighted by Crippen LogP contribution is 2.24. The van der Waals surface area contributed by atoms with Gasteiger partial charge >= 0.3 is 0 Å². The number of hydrogen-bond acceptors (Lipinski definition) is 2. The van der Waals surface area contributed by atoms with E-state index in [-0.39, 0.29) is 0 Å². The Hall–Kier alpha value is -1.48. The van der Waals surface area contributed by atoms with Crippen LogP contribution in [0.15, 0.2) is 46.9 Å². The first kappa shape index (κ1) is 14.9. The normalized spacial score (nSPS) is 10.3. The lowest BCUT2D eigenvalue weighted by molar-refractivity contribution is 0.337. The Bertz CT molecular complexity index is 551. The van der Waals surface area contributed by atoms with Crippen LogP contribution in [0, 0.1) is 0 Å². The van der Waals surface area contributed by atoms with E-state index in [2.05, 4.69) is 58.5 Å². The topological polar surface area (TPSA) is 21.3 Å². The number of halogens is 1. The molecular weight excluding hydrogens is 314 g/mol. The van der Waals surface area contributed by atoms with E-state index in [4.69, 9.17) is 4.74 Å². The summed E-state index contributed by atoms with van der Waals surface area (Å²) in [6, 6.07) is 14.7. The van der Waals surface area contributed by atoms with Crippen LogP contribution >= 0.6 is 15.9 Å². The van der Waals surface area contributed by atoms with Crippen LogP contribution in [0.5, 0.6) is 5.75 Å². The first-order valence-corrected chi connectivity index (χ1v) is 7.76. The Labute approximate surface area is 129 Å². The average Bonchev–Trinajstić information content (AvgIpc) is 2.48. The highest BCUT2D eigenvalue weighted by molar-refractivity contribution is 9.10. The highest BCUT2D eigenvalue weighted by Gasteiger charge is 2.04. The fraction of sp³-hybridized carbons (Fsp3) is 0.294. The average molecular weight is 334 g/mol. The monoisotopic (exact) mass is 333 g/mol. The number of hydrogen-bond donors (Lipinski definition) is 1. The van der Waals surface area contributed by atoms with Crippen molar-refractivity contribution >= 4 is 21.6 Å². The Balaban J connectivity index is 2.07. The molecule has 0 spiro atoms. The standard InChI is InChI=1S/C17H20BrNO/c1-3-13-5-8-16(9-6-13)19-12-14-11-15(18)7-10-17(14)20-4-2/h5-11,19H,3-4,12H2,1-2H3. The molecule has 0 atom stereocenters. The summed E-state index contributed by atoms with van der Waals surface area (Å²) in [5.41, 5.74) is 3.64. The van der Waals surface area contributed by atoms with Gasteiger partial charge in [0, 0.05) is 22.3 Å². The largest absolute Gasteiger partial charge is 0.494 e. The van der Waals surface area contributed by atoms with Crippen LogP contribution in [-0.4, -0.2) is 6.61 Å². The van der Waals surface area contributed by atoms with Crippen LogP contribution in [-0.2, 0) is 13.0 Å². The molecule has 0 unspecified atom stereocenters. The number of aryl methyl sites for hydroxylation is 1. The van der Waals surface area contributed by atoms with Crippen LogP contribution in [0.3, 0.4) is 0 Å². The molecule has 0 fully saturated rings. The molecule has 0 aliphatic rings. The second-order valence-electron chi connectivity index (χ2n) is 4.59. The van der Waals surface area contributed by atoms with Gasteiger partial charge in [-0.05, 0) is 49.2 Å². The summed E-state index contributed by atoms with van der Waals surface area (Å²) in [5, 5.41) is 3.44. The molecule has 1 N–H and O–H groups in total. The Morgan fingerprint density at radius 3 is 2.45 bits per heavy atom. The quantitative estimate of drug-likeness (QED) is 0.801. The summed E-state index contributed by atoms with van der Waals surface area (Å²) in [6.07, 6.45) is 1.07. The molecule has 0 aliphatic carbocycles. The molecule has 0 aliphatic heterocycles. The van der Waals surface area contributed by atoms with E-state index < -0.39 is 0 Å². The minimum atomic E-state index is 0.680. The zero-order chi connectivity index (χ0) is 14.4. The molecule has 0 bridgehead atoms. The van der Waals surface area contributed by atoms with E-state index in [0.717, 1.165) is 34.4 Å². The van der Waals surface area contributed by atoms with Gasteiger partial charge in [-0.2, -0.15) is 0 Å². The van der Waals surface area contributed by atoms with Crippen molar-refractivity contribution in [3.63, 3.8) is 0 Å². The SMILES string of the molecule is CCOc1ccc(Br)cc1CNc1ccc(CC)cc1. The summed E-state index contributed by atoms with van der Waals surface area (Å²) in [5.74, 6) is 0.938. The summed E-state index contributed by atoms with van der Waals surface area (Å²) in [4.78, 5) is 0. The van der Waals surface area contributed by atoms with Crippen molar-refractivity contribution < 1.29 is 4.74 Å². The molecule has 0 amide bonds. The smallest absolute Gasteiger partial charge is 0.124 e. The second kappa shape index (κ2) is 7.34. The summed E-state index contributed by atoms with van der Waals surface area (Å²) in [7, 11) is 0. The van der Waals surface area contributed by atoms with Crippen LogP contribution in [0.4, 0.5) is 5.69 Å². The highest BCUT2D eigenvalue weighted by atomic mass is 79.9. The molecule has 0 aromatic heterocycles. The molecule has 2 nitrogen and oxygen atoms in total. The van der Waals surface area contributed by atoms with Gasteiger partial charge in [-0.25, -0.2) is 0 Å². The predicted octanol–water partition coefficient (Wildman–Crippen LogP) is 5.02. The van der Waals surface area contributed by atoms with E-state index in [0.29, 0.717) is 6.61 Å². The number of anilines is 1. The Kier molecular flexibility index (Phi) is 5.48. The minimum Gasteiger partial charge on any atom is -0.494 e. The van der Waals surface area contributed by atoms with Crippen LogP contribution in [0.1, 0.15) is 25.0 Å². The van der Waals surface area contributed by atoms with E-state index in [1.165, 1.54) is 5.56 Å². The van der Waals surface area contributed by atoms with E-state index in [9.17, 15) is 0 Å². The maximum absolute atomic E-state index is 5.66. The summed E-state index contributed by atoms with van der Waals surface area (Å²) >= 11 is 3.51. The molecule has 0 saturated heterocycles. The number of ether oxygens (including phenoxy) is 1. The van der Waals surface area contributed by atoms with Gasteiger partial charge in [-0.3, -0.25) is 0 Å². The molecule has 3 heteroatoms. The van der Waals surface area contributed by atoms with Crippen LogP contribution < -0.4 is 10.1 Å². The first-order chi connectivity index (χ1) is 9.72. The van der Waals surface area contributed by atoms with E-state index in [1.807, 2.05) is 19.1 Å². The van der Waals surface area contributed by atoms with Crippen LogP contribution in [0.2, 0.25) is 0 Å². The fourth-order valence-electron chi connectivity index (χ4n) is 2.04. The van der Waals surface area contributed by atoms with E-state index in [1.54, 1.807) is 0 Å². The second-order valence-corrected chi connectivity index (χ2v) is 5.50. The molecule has 106 valence electrons. The third kappa shape index (κ3) is 4.01.